The monoisotopic (exact) mass is 531 g/mol. The highest BCUT2D eigenvalue weighted by Crippen LogP contribution is 3.02. The third-order valence-electron chi connectivity index (χ3n) is 6.79. The first-order valence-electron chi connectivity index (χ1n) is 11.6. The van der Waals surface area contributed by atoms with Crippen molar-refractivity contribution >= 4 is 27.3 Å². The summed E-state index contributed by atoms with van der Waals surface area (Å²) >= 11 is 0. The number of aromatic nitrogens is 3. The number of carbonyl (C=O) groups excluding carboxylic acids is 1. The van der Waals surface area contributed by atoms with Gasteiger partial charge in [-0.1, -0.05) is 19.4 Å². The van der Waals surface area contributed by atoms with E-state index < -0.39 is 21.0 Å². The number of imidazole rings is 1. The number of benzene rings is 1. The van der Waals surface area contributed by atoms with Gasteiger partial charge in [-0.15, -0.1) is 0 Å². The third-order valence-corrected chi connectivity index (χ3v) is 7.95. The molecule has 1 N–H and O–H groups in total. The number of amides is 1. The van der Waals surface area contributed by atoms with Crippen LogP contribution < -0.4 is 0 Å². The zero-order valence-electron chi connectivity index (χ0n) is 19.5. The maximum atomic E-state index is 13.0. The normalized spacial score (nSPS) is 22.4. The zero-order chi connectivity index (χ0) is 25.8. The van der Waals surface area contributed by atoms with Gasteiger partial charge in [-0.05, 0) is 61.7 Å². The van der Waals surface area contributed by atoms with Crippen LogP contribution in [0, 0.1) is 0 Å². The number of likely N-dealkylation sites (tertiary alicyclic amines) is 1. The minimum atomic E-state index is -9.77. The zero-order valence-corrected chi connectivity index (χ0v) is 20.3. The van der Waals surface area contributed by atoms with Gasteiger partial charge < -0.3 is 19.5 Å². The number of rotatable bonds is 4. The highest BCUT2D eigenvalue weighted by molar-refractivity contribution is 8.45. The predicted octanol–water partition coefficient (Wildman–Crippen LogP) is 5.64. The SMILES string of the molecule is CN1CCO[C@H](c2nc3nccc(C4CCN(C(=O)c5ccc(S(F)(F)(F)(F)F)cc5)CC4)c3[nH]2)C1. The Labute approximate surface area is 204 Å². The van der Waals surface area contributed by atoms with Crippen molar-refractivity contribution in [2.75, 3.05) is 39.8 Å². The molecule has 2 aromatic heterocycles. The van der Waals surface area contributed by atoms with Crippen LogP contribution in [0.2, 0.25) is 0 Å². The molecule has 0 bridgehead atoms. The van der Waals surface area contributed by atoms with Crippen LogP contribution in [0.25, 0.3) is 11.2 Å². The van der Waals surface area contributed by atoms with Gasteiger partial charge in [-0.2, -0.15) is 0 Å². The van der Waals surface area contributed by atoms with Gasteiger partial charge in [0.05, 0.1) is 12.1 Å². The van der Waals surface area contributed by atoms with Crippen molar-refractivity contribution < 1.29 is 29.0 Å². The predicted molar refractivity (Wildman–Crippen MR) is 126 cm³/mol. The molecule has 196 valence electrons. The molecule has 2 aliphatic heterocycles. The lowest BCUT2D eigenvalue weighted by molar-refractivity contribution is -0.0249. The van der Waals surface area contributed by atoms with Gasteiger partial charge in [0.25, 0.3) is 5.91 Å². The molecule has 5 rings (SSSR count). The number of fused-ring (bicyclic) bond motifs is 1. The molecule has 7 nitrogen and oxygen atoms in total. The van der Waals surface area contributed by atoms with Gasteiger partial charge in [0.2, 0.25) is 0 Å². The van der Waals surface area contributed by atoms with Crippen molar-refractivity contribution in [1.82, 2.24) is 24.8 Å². The smallest absolute Gasteiger partial charge is 0.310 e. The lowest BCUT2D eigenvalue weighted by Gasteiger charge is -2.40. The number of hydrogen-bond donors (Lipinski definition) is 1. The number of pyridine rings is 1. The fraction of sp³-hybridized carbons (Fsp3) is 0.435. The molecule has 0 spiro atoms. The molecular weight excluding hydrogens is 505 g/mol. The first-order chi connectivity index (χ1) is 16.8. The van der Waals surface area contributed by atoms with Crippen molar-refractivity contribution in [2.24, 2.45) is 0 Å². The van der Waals surface area contributed by atoms with E-state index in [4.69, 9.17) is 4.74 Å². The summed E-state index contributed by atoms with van der Waals surface area (Å²) in [5.41, 5.74) is 2.42. The Bertz CT molecular complexity index is 1290. The second-order valence-corrected chi connectivity index (χ2v) is 11.8. The molecule has 0 unspecified atom stereocenters. The van der Waals surface area contributed by atoms with Gasteiger partial charge in [0.15, 0.2) is 5.65 Å². The topological polar surface area (TPSA) is 74.3 Å². The molecule has 0 radical (unpaired) electrons. The Morgan fingerprint density at radius 2 is 1.75 bits per heavy atom. The van der Waals surface area contributed by atoms with Crippen LogP contribution in [0.5, 0.6) is 0 Å². The maximum absolute atomic E-state index is 13.0. The van der Waals surface area contributed by atoms with Crippen molar-refractivity contribution in [3.05, 3.63) is 53.5 Å². The quantitative estimate of drug-likeness (QED) is 0.441. The van der Waals surface area contributed by atoms with Crippen LogP contribution in [-0.4, -0.2) is 70.5 Å². The highest BCUT2D eigenvalue weighted by atomic mass is 32.5. The molecule has 1 aromatic carbocycles. The van der Waals surface area contributed by atoms with Gasteiger partial charge >= 0.3 is 10.2 Å². The molecule has 13 heteroatoms. The number of likely N-dealkylation sites (N-methyl/N-ethyl adjacent to an activating group) is 1. The number of ether oxygens (including phenoxy) is 1. The lowest BCUT2D eigenvalue weighted by Crippen LogP contribution is -2.38. The molecule has 1 amide bonds. The molecule has 0 saturated carbocycles. The number of aromatic amines is 1. The Morgan fingerprint density at radius 3 is 2.39 bits per heavy atom. The van der Waals surface area contributed by atoms with E-state index in [-0.39, 0.29) is 29.7 Å². The fourth-order valence-electron chi connectivity index (χ4n) is 4.81. The fourth-order valence-corrected chi connectivity index (χ4v) is 5.47. The molecule has 4 heterocycles. The first kappa shape index (κ1) is 24.9. The van der Waals surface area contributed by atoms with Crippen molar-refractivity contribution in [2.45, 2.75) is 29.8 Å². The van der Waals surface area contributed by atoms with E-state index in [1.54, 1.807) is 6.20 Å². The van der Waals surface area contributed by atoms with Gasteiger partial charge in [0.1, 0.15) is 16.8 Å². The van der Waals surface area contributed by atoms with E-state index in [9.17, 15) is 24.2 Å². The van der Waals surface area contributed by atoms with Crippen LogP contribution in [0.3, 0.4) is 0 Å². The van der Waals surface area contributed by atoms with Crippen molar-refractivity contribution in [3.63, 3.8) is 0 Å². The van der Waals surface area contributed by atoms with E-state index in [1.165, 1.54) is 4.90 Å². The van der Waals surface area contributed by atoms with E-state index in [2.05, 4.69) is 19.9 Å². The first-order valence-corrected chi connectivity index (χ1v) is 13.5. The number of nitrogens with zero attached hydrogens (tertiary/aromatic N) is 4. The highest BCUT2D eigenvalue weighted by Gasteiger charge is 2.65. The van der Waals surface area contributed by atoms with Gasteiger partial charge in [-0.3, -0.25) is 4.79 Å². The van der Waals surface area contributed by atoms with Crippen molar-refractivity contribution in [1.29, 1.82) is 0 Å². The molecule has 2 saturated heterocycles. The average molecular weight is 532 g/mol. The van der Waals surface area contributed by atoms with Gasteiger partial charge in [-0.25, -0.2) is 9.97 Å². The summed E-state index contributed by atoms with van der Waals surface area (Å²) in [4.78, 5) is 26.9. The Morgan fingerprint density at radius 1 is 1.06 bits per heavy atom. The van der Waals surface area contributed by atoms with E-state index in [1.807, 2.05) is 13.1 Å². The number of nitrogens with one attached hydrogen (secondary N) is 1. The molecular formula is C23H26F5N5O2S. The second-order valence-electron chi connectivity index (χ2n) is 9.40. The minimum Gasteiger partial charge on any atom is -0.368 e. The summed E-state index contributed by atoms with van der Waals surface area (Å²) in [6.45, 7) is 2.96. The summed E-state index contributed by atoms with van der Waals surface area (Å²) in [5, 5.41) is 0. The Kier molecular flexibility index (Phi) is 5.62. The summed E-state index contributed by atoms with van der Waals surface area (Å²) in [6, 6.07) is 4.10. The number of piperidine rings is 1. The maximum Gasteiger partial charge on any atom is 0.310 e. The van der Waals surface area contributed by atoms with Crippen LogP contribution in [0.4, 0.5) is 19.4 Å². The summed E-state index contributed by atoms with van der Waals surface area (Å²) in [7, 11) is -7.75. The van der Waals surface area contributed by atoms with Crippen LogP contribution in [0.1, 0.15) is 46.6 Å². The average Bonchev–Trinajstić information content (AvgIpc) is 3.27. The molecule has 2 aliphatic rings. The summed E-state index contributed by atoms with van der Waals surface area (Å²) in [6.07, 6.45) is 2.79. The molecule has 1 atom stereocenters. The lowest BCUT2D eigenvalue weighted by atomic mass is 9.89. The van der Waals surface area contributed by atoms with Gasteiger partial charge in [0, 0.05) is 37.9 Å². The number of hydrogen-bond acceptors (Lipinski definition) is 5. The minimum absolute atomic E-state index is 0.0546. The number of H-pyrrole nitrogens is 1. The molecule has 0 aliphatic carbocycles. The Hall–Kier alpha value is -2.77. The second kappa shape index (κ2) is 8.12. The third kappa shape index (κ3) is 5.04. The number of morpholine rings is 1. The summed E-state index contributed by atoms with van der Waals surface area (Å²) < 4.78 is 70.7. The van der Waals surface area contributed by atoms with E-state index in [0.29, 0.717) is 38.2 Å². The summed E-state index contributed by atoms with van der Waals surface area (Å²) in [5.74, 6) is 0.363. The number of halogens is 5. The van der Waals surface area contributed by atoms with E-state index in [0.717, 1.165) is 42.1 Å². The standard InChI is InChI=1S/C23H26F5N5O2S/c1-32-12-13-35-19(14-32)21-30-20-18(6-9-29-22(20)31-21)15-7-10-33(11-8-15)23(34)16-2-4-17(5-3-16)36(24,25,26,27)28/h2-6,9,15,19H,7-8,10-14H2,1H3,(H,29,30,31)/t19-/m0/s1. The molecule has 2 fully saturated rings. The molecule has 3 aromatic rings. The van der Waals surface area contributed by atoms with E-state index >= 15 is 0 Å². The number of carbonyl (C=O) groups is 1. The molecule has 36 heavy (non-hydrogen) atoms. The van der Waals surface area contributed by atoms with Crippen LogP contribution in [-0.2, 0) is 4.74 Å². The largest absolute Gasteiger partial charge is 0.368 e. The van der Waals surface area contributed by atoms with Crippen LogP contribution >= 0.6 is 10.2 Å². The van der Waals surface area contributed by atoms with Crippen molar-refractivity contribution in [3.8, 4) is 0 Å². The Balaban J connectivity index is 1.28. The van der Waals surface area contributed by atoms with Crippen LogP contribution in [0.15, 0.2) is 41.4 Å².